The molecule has 74 valence electrons. The monoisotopic (exact) mass is 245 g/mol. The number of hydrogen-bond acceptors (Lipinski definition) is 2. The van der Waals surface area contributed by atoms with E-state index in [9.17, 15) is 0 Å². The zero-order valence-corrected chi connectivity index (χ0v) is 9.76. The number of fused-ring (bicyclic) bond motifs is 2. The highest BCUT2D eigenvalue weighted by Crippen LogP contribution is 2.64. The van der Waals surface area contributed by atoms with E-state index >= 15 is 0 Å². The molecule has 0 aromatic carbocycles. The minimum absolute atomic E-state index is 0.135. The first kappa shape index (κ1) is 9.50. The predicted molar refractivity (Wildman–Crippen MR) is 56.6 cm³/mol. The van der Waals surface area contributed by atoms with Crippen LogP contribution in [0, 0.1) is 16.7 Å². The Balaban J connectivity index is 2.45. The summed E-state index contributed by atoms with van der Waals surface area (Å²) in [5.41, 5.74) is 1.45. The van der Waals surface area contributed by atoms with E-state index in [-0.39, 0.29) is 5.41 Å². The molecule has 2 saturated carbocycles. The Morgan fingerprint density at radius 3 is 2.69 bits per heavy atom. The van der Waals surface area contributed by atoms with Gasteiger partial charge >= 0.3 is 0 Å². The zero-order valence-electron chi connectivity index (χ0n) is 8.18. The molecule has 2 bridgehead atoms. The van der Waals surface area contributed by atoms with Gasteiger partial charge in [0.1, 0.15) is 0 Å². The summed E-state index contributed by atoms with van der Waals surface area (Å²) >= 11 is 3.61. The summed E-state index contributed by atoms with van der Waals surface area (Å²) in [6, 6.07) is 0. The second-order valence-electron chi connectivity index (χ2n) is 4.87. The molecule has 2 aliphatic carbocycles. The maximum Gasteiger partial charge on any atom is 0.0638 e. The van der Waals surface area contributed by atoms with Gasteiger partial charge in [-0.25, -0.2) is 0 Å². The number of oxime groups is 1. The van der Waals surface area contributed by atoms with Gasteiger partial charge in [-0.2, -0.15) is 0 Å². The van der Waals surface area contributed by atoms with E-state index in [0.29, 0.717) is 11.3 Å². The lowest BCUT2D eigenvalue weighted by Gasteiger charge is -2.36. The molecule has 0 heterocycles. The minimum Gasteiger partial charge on any atom is -0.411 e. The Morgan fingerprint density at radius 2 is 2.31 bits per heavy atom. The van der Waals surface area contributed by atoms with Gasteiger partial charge in [0.2, 0.25) is 0 Å². The van der Waals surface area contributed by atoms with Gasteiger partial charge in [-0.05, 0) is 30.6 Å². The molecule has 13 heavy (non-hydrogen) atoms. The first-order chi connectivity index (χ1) is 6.08. The quantitative estimate of drug-likeness (QED) is 0.430. The smallest absolute Gasteiger partial charge is 0.0638 e. The van der Waals surface area contributed by atoms with Crippen LogP contribution in [-0.4, -0.2) is 16.2 Å². The van der Waals surface area contributed by atoms with E-state index in [0.717, 1.165) is 17.5 Å². The standard InChI is InChI=1S/C10H16BrNO/c1-9-4-3-7(5-8(9)12-13)10(9,2)6-11/h7,13H,3-6H2,1-2H3/t7-,9+,10-/m1/s1. The first-order valence-corrected chi connectivity index (χ1v) is 5.98. The molecule has 0 amide bonds. The summed E-state index contributed by atoms with van der Waals surface area (Å²) in [7, 11) is 0. The van der Waals surface area contributed by atoms with E-state index in [1.165, 1.54) is 12.8 Å². The highest BCUT2D eigenvalue weighted by atomic mass is 79.9. The van der Waals surface area contributed by atoms with Gasteiger partial charge in [0.25, 0.3) is 0 Å². The number of rotatable bonds is 1. The highest BCUT2D eigenvalue weighted by molar-refractivity contribution is 9.09. The molecule has 2 fully saturated rings. The Bertz CT molecular complexity index is 266. The van der Waals surface area contributed by atoms with Crippen molar-refractivity contribution >= 4 is 21.6 Å². The van der Waals surface area contributed by atoms with Crippen LogP contribution in [0.2, 0.25) is 0 Å². The second-order valence-corrected chi connectivity index (χ2v) is 5.43. The van der Waals surface area contributed by atoms with E-state index in [4.69, 9.17) is 5.21 Å². The molecule has 0 radical (unpaired) electrons. The number of alkyl halides is 1. The summed E-state index contributed by atoms with van der Waals surface area (Å²) < 4.78 is 0. The first-order valence-electron chi connectivity index (χ1n) is 4.86. The Hall–Kier alpha value is -0.0500. The topological polar surface area (TPSA) is 32.6 Å². The molecule has 0 aromatic heterocycles. The molecule has 2 aliphatic rings. The van der Waals surface area contributed by atoms with Crippen LogP contribution in [0.25, 0.3) is 0 Å². The molecular formula is C10H16BrNO. The lowest BCUT2D eigenvalue weighted by molar-refractivity contribution is 0.199. The largest absolute Gasteiger partial charge is 0.411 e. The summed E-state index contributed by atoms with van der Waals surface area (Å²) in [5, 5.41) is 13.4. The molecular weight excluding hydrogens is 230 g/mol. The average Bonchev–Trinajstić information content (AvgIpc) is 2.51. The number of nitrogens with zero attached hydrogens (tertiary/aromatic N) is 1. The second kappa shape index (κ2) is 2.72. The Morgan fingerprint density at radius 1 is 1.62 bits per heavy atom. The fraction of sp³-hybridized carbons (Fsp3) is 0.900. The fourth-order valence-corrected chi connectivity index (χ4v) is 4.26. The average molecular weight is 246 g/mol. The van der Waals surface area contributed by atoms with E-state index < -0.39 is 0 Å². The lowest BCUT2D eigenvalue weighted by Crippen LogP contribution is -2.36. The van der Waals surface area contributed by atoms with Crippen LogP contribution < -0.4 is 0 Å². The third kappa shape index (κ3) is 0.915. The molecule has 0 saturated heterocycles. The van der Waals surface area contributed by atoms with Gasteiger partial charge in [0.15, 0.2) is 0 Å². The van der Waals surface area contributed by atoms with Crippen molar-refractivity contribution < 1.29 is 5.21 Å². The van der Waals surface area contributed by atoms with Gasteiger partial charge in [0.05, 0.1) is 5.71 Å². The predicted octanol–water partition coefficient (Wildman–Crippen LogP) is 3.04. The summed E-state index contributed by atoms with van der Waals surface area (Å²) in [6.45, 7) is 4.56. The van der Waals surface area contributed by atoms with Crippen LogP contribution in [0.4, 0.5) is 0 Å². The van der Waals surface area contributed by atoms with Crippen molar-refractivity contribution in [2.75, 3.05) is 5.33 Å². The fourth-order valence-electron chi connectivity index (χ4n) is 3.19. The molecule has 2 rings (SSSR count). The molecule has 0 spiro atoms. The molecule has 1 N–H and O–H groups in total. The van der Waals surface area contributed by atoms with Gasteiger partial charge in [-0.15, -0.1) is 0 Å². The molecule has 0 unspecified atom stereocenters. The normalized spacial score (nSPS) is 51.9. The van der Waals surface area contributed by atoms with Crippen molar-refractivity contribution in [3.63, 3.8) is 0 Å². The molecule has 0 aliphatic heterocycles. The van der Waals surface area contributed by atoms with Crippen molar-refractivity contribution in [3.05, 3.63) is 0 Å². The van der Waals surface area contributed by atoms with Gasteiger partial charge in [-0.1, -0.05) is 34.9 Å². The summed E-state index contributed by atoms with van der Waals surface area (Å²) in [6.07, 6.45) is 3.46. The van der Waals surface area contributed by atoms with E-state index in [1.807, 2.05) is 0 Å². The summed E-state index contributed by atoms with van der Waals surface area (Å²) in [4.78, 5) is 0. The van der Waals surface area contributed by atoms with Crippen molar-refractivity contribution in [1.82, 2.24) is 0 Å². The maximum atomic E-state index is 8.95. The van der Waals surface area contributed by atoms with Crippen LogP contribution in [0.1, 0.15) is 33.1 Å². The number of halogens is 1. The minimum atomic E-state index is 0.135. The van der Waals surface area contributed by atoms with Crippen LogP contribution in [0.15, 0.2) is 5.16 Å². The van der Waals surface area contributed by atoms with Crippen molar-refractivity contribution in [2.24, 2.45) is 21.9 Å². The number of hydrogen-bond donors (Lipinski definition) is 1. The zero-order chi connectivity index (χ0) is 9.69. The van der Waals surface area contributed by atoms with Gasteiger partial charge in [0, 0.05) is 10.7 Å². The third-order valence-electron chi connectivity index (χ3n) is 4.63. The molecule has 2 nitrogen and oxygen atoms in total. The lowest BCUT2D eigenvalue weighted by atomic mass is 9.70. The van der Waals surface area contributed by atoms with Crippen LogP contribution >= 0.6 is 15.9 Å². The van der Waals surface area contributed by atoms with Crippen LogP contribution in [0.3, 0.4) is 0 Å². The SMILES string of the molecule is C[C@]12CC[C@H](CC1=NO)[C@@]2(C)CBr. The maximum absolute atomic E-state index is 8.95. The molecule has 0 aromatic rings. The van der Waals surface area contributed by atoms with Crippen LogP contribution in [0.5, 0.6) is 0 Å². The van der Waals surface area contributed by atoms with E-state index in [1.54, 1.807) is 0 Å². The molecule has 3 heteroatoms. The van der Waals surface area contributed by atoms with E-state index in [2.05, 4.69) is 34.9 Å². The Labute approximate surface area is 87.5 Å². The Kier molecular flexibility index (Phi) is 1.99. The molecule has 3 atom stereocenters. The third-order valence-corrected chi connectivity index (χ3v) is 5.79. The summed E-state index contributed by atoms with van der Waals surface area (Å²) in [5.74, 6) is 0.711. The highest BCUT2D eigenvalue weighted by Gasteiger charge is 2.62. The van der Waals surface area contributed by atoms with Crippen molar-refractivity contribution in [2.45, 2.75) is 33.1 Å². The van der Waals surface area contributed by atoms with Gasteiger partial charge < -0.3 is 5.21 Å². The van der Waals surface area contributed by atoms with Crippen LogP contribution in [-0.2, 0) is 0 Å². The van der Waals surface area contributed by atoms with Crippen molar-refractivity contribution in [1.29, 1.82) is 0 Å². The van der Waals surface area contributed by atoms with Crippen molar-refractivity contribution in [3.8, 4) is 0 Å². The van der Waals surface area contributed by atoms with Gasteiger partial charge in [-0.3, -0.25) is 0 Å².